The van der Waals surface area contributed by atoms with Crippen LogP contribution in [-0.4, -0.2) is 18.5 Å². The molecule has 0 aromatic rings. The van der Waals surface area contributed by atoms with Crippen LogP contribution in [0.2, 0.25) is 0 Å². The Bertz CT molecular complexity index is 247. The Morgan fingerprint density at radius 1 is 1.25 bits per heavy atom. The summed E-state index contributed by atoms with van der Waals surface area (Å²) in [7, 11) is 1.72. The van der Waals surface area contributed by atoms with E-state index in [2.05, 4.69) is 6.92 Å². The van der Waals surface area contributed by atoms with Crippen molar-refractivity contribution in [1.82, 2.24) is 0 Å². The van der Waals surface area contributed by atoms with Crippen molar-refractivity contribution in [1.29, 1.82) is 0 Å². The average Bonchev–Trinajstić information content (AvgIpc) is 2.25. The van der Waals surface area contributed by atoms with Crippen molar-refractivity contribution in [2.75, 3.05) is 7.11 Å². The van der Waals surface area contributed by atoms with Crippen molar-refractivity contribution in [2.45, 2.75) is 63.9 Å². The van der Waals surface area contributed by atoms with Gasteiger partial charge >= 0.3 is 0 Å². The van der Waals surface area contributed by atoms with Crippen molar-refractivity contribution in [3.05, 3.63) is 0 Å². The lowest BCUT2D eigenvalue weighted by Gasteiger charge is -2.38. The Labute approximate surface area is 98.7 Å². The van der Waals surface area contributed by atoms with Crippen LogP contribution in [0.25, 0.3) is 0 Å². The smallest absolute Gasteiger partial charge is 0.164 e. The topological polar surface area (TPSA) is 26.3 Å². The van der Waals surface area contributed by atoms with E-state index in [1.165, 1.54) is 19.3 Å². The molecule has 0 saturated heterocycles. The monoisotopic (exact) mass is 224 g/mol. The van der Waals surface area contributed by atoms with Crippen LogP contribution < -0.4 is 0 Å². The summed E-state index contributed by atoms with van der Waals surface area (Å²) >= 11 is 0. The molecular formula is C14H24O2. The van der Waals surface area contributed by atoms with Crippen LogP contribution >= 0.6 is 0 Å². The van der Waals surface area contributed by atoms with Gasteiger partial charge in [0, 0.05) is 13.5 Å². The Morgan fingerprint density at radius 2 is 1.88 bits per heavy atom. The zero-order valence-corrected chi connectivity index (χ0v) is 10.6. The van der Waals surface area contributed by atoms with Crippen molar-refractivity contribution in [3.8, 4) is 0 Å². The SMILES string of the molecule is COC1(C(=O)CC2CCC2)CCC(C)CC1. The summed E-state index contributed by atoms with van der Waals surface area (Å²) < 4.78 is 5.61. The van der Waals surface area contributed by atoms with Crippen LogP contribution in [0.5, 0.6) is 0 Å². The Morgan fingerprint density at radius 3 is 2.31 bits per heavy atom. The van der Waals surface area contributed by atoms with E-state index in [4.69, 9.17) is 4.74 Å². The lowest BCUT2D eigenvalue weighted by Crippen LogP contribution is -2.44. The summed E-state index contributed by atoms with van der Waals surface area (Å²) in [5, 5.41) is 0. The molecule has 0 aromatic heterocycles. The van der Waals surface area contributed by atoms with Gasteiger partial charge in [0.15, 0.2) is 5.78 Å². The predicted molar refractivity (Wildman–Crippen MR) is 64.3 cm³/mol. The van der Waals surface area contributed by atoms with Gasteiger partial charge in [-0.15, -0.1) is 0 Å². The first-order chi connectivity index (χ1) is 7.66. The Kier molecular flexibility index (Phi) is 3.68. The summed E-state index contributed by atoms with van der Waals surface area (Å²) in [6.45, 7) is 2.27. The van der Waals surface area contributed by atoms with Crippen LogP contribution in [-0.2, 0) is 9.53 Å². The molecule has 2 aliphatic rings. The number of methoxy groups -OCH3 is 1. The summed E-state index contributed by atoms with van der Waals surface area (Å²) in [5.74, 6) is 1.81. The molecular weight excluding hydrogens is 200 g/mol. The van der Waals surface area contributed by atoms with E-state index < -0.39 is 5.60 Å². The summed E-state index contributed by atoms with van der Waals surface area (Å²) in [6.07, 6.45) is 8.75. The minimum atomic E-state index is -0.415. The molecule has 0 radical (unpaired) electrons. The van der Waals surface area contributed by atoms with Crippen LogP contribution in [0.15, 0.2) is 0 Å². The van der Waals surface area contributed by atoms with E-state index >= 15 is 0 Å². The van der Waals surface area contributed by atoms with E-state index in [0.29, 0.717) is 11.7 Å². The molecule has 0 N–H and O–H groups in total. The molecule has 2 fully saturated rings. The number of hydrogen-bond donors (Lipinski definition) is 0. The van der Waals surface area contributed by atoms with Crippen molar-refractivity contribution in [2.24, 2.45) is 11.8 Å². The number of rotatable bonds is 4. The first-order valence-electron chi connectivity index (χ1n) is 6.75. The molecule has 92 valence electrons. The molecule has 0 bridgehead atoms. The zero-order valence-electron chi connectivity index (χ0n) is 10.6. The number of ketones is 1. The van der Waals surface area contributed by atoms with Gasteiger partial charge in [-0.1, -0.05) is 26.2 Å². The number of Topliss-reactive ketones (excluding diaryl/α,β-unsaturated/α-hetero) is 1. The van der Waals surface area contributed by atoms with Gasteiger partial charge in [0.25, 0.3) is 0 Å². The van der Waals surface area contributed by atoms with Crippen LogP contribution in [0.3, 0.4) is 0 Å². The molecule has 0 heterocycles. The average molecular weight is 224 g/mol. The van der Waals surface area contributed by atoms with Gasteiger partial charge in [-0.25, -0.2) is 0 Å². The third kappa shape index (κ3) is 2.32. The maximum atomic E-state index is 12.3. The van der Waals surface area contributed by atoms with Crippen molar-refractivity contribution >= 4 is 5.78 Å². The minimum Gasteiger partial charge on any atom is -0.370 e. The van der Waals surface area contributed by atoms with Gasteiger partial charge in [-0.2, -0.15) is 0 Å². The molecule has 0 amide bonds. The van der Waals surface area contributed by atoms with Gasteiger partial charge in [-0.05, 0) is 37.5 Å². The molecule has 2 saturated carbocycles. The second kappa shape index (κ2) is 4.87. The normalized spacial score (nSPS) is 35.8. The third-order valence-electron chi connectivity index (χ3n) is 4.68. The van der Waals surface area contributed by atoms with E-state index in [-0.39, 0.29) is 0 Å². The van der Waals surface area contributed by atoms with E-state index in [1.807, 2.05) is 0 Å². The zero-order chi connectivity index (χ0) is 11.6. The predicted octanol–water partition coefficient (Wildman–Crippen LogP) is 3.34. The van der Waals surface area contributed by atoms with Crippen molar-refractivity contribution in [3.63, 3.8) is 0 Å². The highest BCUT2D eigenvalue weighted by Gasteiger charge is 2.41. The summed E-state index contributed by atoms with van der Waals surface area (Å²) in [5.41, 5.74) is -0.415. The highest BCUT2D eigenvalue weighted by molar-refractivity contribution is 5.87. The fraction of sp³-hybridized carbons (Fsp3) is 0.929. The van der Waals surface area contributed by atoms with Gasteiger partial charge < -0.3 is 4.74 Å². The minimum absolute atomic E-state index is 0.381. The summed E-state index contributed by atoms with van der Waals surface area (Å²) in [6, 6.07) is 0. The molecule has 16 heavy (non-hydrogen) atoms. The Balaban J connectivity index is 1.94. The molecule has 0 spiro atoms. The van der Waals surface area contributed by atoms with Gasteiger partial charge in [0.1, 0.15) is 5.60 Å². The fourth-order valence-corrected chi connectivity index (χ4v) is 2.97. The summed E-state index contributed by atoms with van der Waals surface area (Å²) in [4.78, 5) is 12.3. The molecule has 2 heteroatoms. The third-order valence-corrected chi connectivity index (χ3v) is 4.68. The highest BCUT2D eigenvalue weighted by Crippen LogP contribution is 2.38. The van der Waals surface area contributed by atoms with E-state index in [9.17, 15) is 4.79 Å². The number of hydrogen-bond acceptors (Lipinski definition) is 2. The van der Waals surface area contributed by atoms with E-state index in [0.717, 1.165) is 38.0 Å². The molecule has 0 aliphatic heterocycles. The lowest BCUT2D eigenvalue weighted by molar-refractivity contribution is -0.147. The quantitative estimate of drug-likeness (QED) is 0.732. The standard InChI is InChI=1S/C14H24O2/c1-11-6-8-14(16-2,9-7-11)13(15)10-12-4-3-5-12/h11-12H,3-10H2,1-2H3. The number of carbonyl (C=O) groups is 1. The van der Waals surface area contributed by atoms with Crippen LogP contribution in [0.4, 0.5) is 0 Å². The second-order valence-corrected chi connectivity index (χ2v) is 5.81. The second-order valence-electron chi connectivity index (χ2n) is 5.81. The molecule has 2 rings (SSSR count). The van der Waals surface area contributed by atoms with Gasteiger partial charge in [0.05, 0.1) is 0 Å². The molecule has 0 aromatic carbocycles. The first kappa shape index (κ1) is 12.1. The van der Waals surface area contributed by atoms with Gasteiger partial charge in [0.2, 0.25) is 0 Å². The maximum Gasteiger partial charge on any atom is 0.164 e. The fourth-order valence-electron chi connectivity index (χ4n) is 2.97. The van der Waals surface area contributed by atoms with Crippen molar-refractivity contribution < 1.29 is 9.53 Å². The first-order valence-corrected chi connectivity index (χ1v) is 6.75. The molecule has 0 atom stereocenters. The number of carbonyl (C=O) groups excluding carboxylic acids is 1. The molecule has 2 nitrogen and oxygen atoms in total. The highest BCUT2D eigenvalue weighted by atomic mass is 16.5. The van der Waals surface area contributed by atoms with E-state index in [1.54, 1.807) is 7.11 Å². The Hall–Kier alpha value is -0.370. The largest absolute Gasteiger partial charge is 0.370 e. The van der Waals surface area contributed by atoms with Crippen LogP contribution in [0, 0.1) is 11.8 Å². The van der Waals surface area contributed by atoms with Crippen LogP contribution in [0.1, 0.15) is 58.3 Å². The lowest BCUT2D eigenvalue weighted by atomic mass is 9.72. The maximum absolute atomic E-state index is 12.3. The van der Waals surface area contributed by atoms with Gasteiger partial charge in [-0.3, -0.25) is 4.79 Å². The number of ether oxygens (including phenoxy) is 1. The molecule has 2 aliphatic carbocycles. The molecule has 0 unspecified atom stereocenters.